The second-order valence-corrected chi connectivity index (χ2v) is 7.20. The number of nitrogens with zero attached hydrogens (tertiary/aromatic N) is 1. The molecule has 1 aromatic carbocycles. The van der Waals surface area contributed by atoms with Gasteiger partial charge in [0.2, 0.25) is 0 Å². The molecule has 1 aliphatic heterocycles. The largest absolute Gasteiger partial charge is 0.466 e. The van der Waals surface area contributed by atoms with Gasteiger partial charge in [-0.3, -0.25) is 0 Å². The zero-order chi connectivity index (χ0) is 18.7. The summed E-state index contributed by atoms with van der Waals surface area (Å²) in [6, 6.07) is 14.5. The van der Waals surface area contributed by atoms with E-state index >= 15 is 0 Å². The van der Waals surface area contributed by atoms with Gasteiger partial charge in [0.05, 0.1) is 30.2 Å². The molecular formula is C21H20N2O2S. The molecule has 2 heterocycles. The number of nitrogens with one attached hydrogen (secondary N) is 1. The molecule has 0 aliphatic carbocycles. The van der Waals surface area contributed by atoms with E-state index in [4.69, 9.17) is 4.74 Å². The van der Waals surface area contributed by atoms with Crippen molar-refractivity contribution in [1.29, 1.82) is 5.26 Å². The van der Waals surface area contributed by atoms with Crippen molar-refractivity contribution in [2.75, 3.05) is 7.11 Å². The van der Waals surface area contributed by atoms with Gasteiger partial charge in [0, 0.05) is 22.7 Å². The molecule has 2 aromatic rings. The predicted octanol–water partition coefficient (Wildman–Crippen LogP) is 4.27. The third kappa shape index (κ3) is 3.29. The van der Waals surface area contributed by atoms with Gasteiger partial charge in [-0.05, 0) is 36.4 Å². The fourth-order valence-electron chi connectivity index (χ4n) is 3.37. The molecule has 26 heavy (non-hydrogen) atoms. The van der Waals surface area contributed by atoms with Gasteiger partial charge in [0.15, 0.2) is 0 Å². The molecule has 0 spiro atoms. The summed E-state index contributed by atoms with van der Waals surface area (Å²) in [6.07, 6.45) is 0.767. The van der Waals surface area contributed by atoms with E-state index in [0.717, 1.165) is 28.3 Å². The number of methoxy groups -OCH3 is 1. The first-order valence-corrected chi connectivity index (χ1v) is 9.22. The van der Waals surface area contributed by atoms with Gasteiger partial charge in [-0.2, -0.15) is 5.26 Å². The average molecular weight is 364 g/mol. The van der Waals surface area contributed by atoms with Crippen LogP contribution in [0, 0.1) is 11.3 Å². The lowest BCUT2D eigenvalue weighted by Crippen LogP contribution is -2.28. The molecule has 1 N–H and O–H groups in total. The zero-order valence-electron chi connectivity index (χ0n) is 15.0. The van der Waals surface area contributed by atoms with Gasteiger partial charge in [0.25, 0.3) is 0 Å². The summed E-state index contributed by atoms with van der Waals surface area (Å²) < 4.78 is 5.01. The summed E-state index contributed by atoms with van der Waals surface area (Å²) >= 11 is 1.65. The van der Waals surface area contributed by atoms with Crippen LogP contribution in [0.5, 0.6) is 0 Å². The van der Waals surface area contributed by atoms with Gasteiger partial charge < -0.3 is 10.1 Å². The van der Waals surface area contributed by atoms with Gasteiger partial charge in [-0.1, -0.05) is 30.3 Å². The lowest BCUT2D eigenvalue weighted by molar-refractivity contribution is -0.136. The minimum Gasteiger partial charge on any atom is -0.466 e. The van der Waals surface area contributed by atoms with Crippen LogP contribution in [-0.4, -0.2) is 13.1 Å². The van der Waals surface area contributed by atoms with Crippen molar-refractivity contribution in [3.05, 3.63) is 80.3 Å². The van der Waals surface area contributed by atoms with Crippen molar-refractivity contribution in [3.63, 3.8) is 0 Å². The Kier molecular flexibility index (Phi) is 5.24. The monoisotopic (exact) mass is 364 g/mol. The molecule has 132 valence electrons. The van der Waals surface area contributed by atoms with Crippen LogP contribution in [-0.2, 0) is 16.0 Å². The number of benzene rings is 1. The quantitative estimate of drug-likeness (QED) is 0.823. The van der Waals surface area contributed by atoms with Crippen LogP contribution in [0.15, 0.2) is 64.3 Å². The van der Waals surface area contributed by atoms with Crippen molar-refractivity contribution >= 4 is 17.3 Å². The lowest BCUT2D eigenvalue weighted by atomic mass is 9.80. The number of thiophene rings is 1. The van der Waals surface area contributed by atoms with Crippen molar-refractivity contribution < 1.29 is 9.53 Å². The Labute approximate surface area is 157 Å². The molecule has 1 aromatic heterocycles. The van der Waals surface area contributed by atoms with Crippen LogP contribution in [0.2, 0.25) is 0 Å². The number of carbonyl (C=O) groups is 1. The number of dihydropyridines is 1. The lowest BCUT2D eigenvalue weighted by Gasteiger charge is -2.28. The number of nitriles is 1. The van der Waals surface area contributed by atoms with Crippen LogP contribution in [0.4, 0.5) is 0 Å². The maximum Gasteiger partial charge on any atom is 0.336 e. The Balaban J connectivity index is 2.10. The molecular weight excluding hydrogens is 344 g/mol. The average Bonchev–Trinajstić information content (AvgIpc) is 3.09. The molecule has 0 radical (unpaired) electrons. The third-order valence-electron chi connectivity index (χ3n) is 4.58. The van der Waals surface area contributed by atoms with E-state index in [9.17, 15) is 10.1 Å². The maximum absolute atomic E-state index is 12.5. The molecule has 0 fully saturated rings. The molecule has 0 amide bonds. The Morgan fingerprint density at radius 2 is 1.96 bits per heavy atom. The smallest absolute Gasteiger partial charge is 0.336 e. The van der Waals surface area contributed by atoms with Crippen molar-refractivity contribution in [1.82, 2.24) is 5.32 Å². The molecule has 4 nitrogen and oxygen atoms in total. The van der Waals surface area contributed by atoms with E-state index in [-0.39, 0.29) is 0 Å². The highest BCUT2D eigenvalue weighted by molar-refractivity contribution is 7.10. The van der Waals surface area contributed by atoms with Crippen LogP contribution in [0.3, 0.4) is 0 Å². The molecule has 0 bridgehead atoms. The predicted molar refractivity (Wildman–Crippen MR) is 102 cm³/mol. The number of hydrogen-bond acceptors (Lipinski definition) is 5. The fourth-order valence-corrected chi connectivity index (χ4v) is 4.32. The molecule has 5 heteroatoms. The minimum absolute atomic E-state index is 0.404. The Hall–Kier alpha value is -2.84. The van der Waals surface area contributed by atoms with Crippen molar-refractivity contribution in [3.8, 4) is 6.07 Å². The van der Waals surface area contributed by atoms with E-state index in [1.807, 2.05) is 43.5 Å². The summed E-state index contributed by atoms with van der Waals surface area (Å²) in [5.74, 6) is -0.809. The Morgan fingerprint density at radius 3 is 2.62 bits per heavy atom. The van der Waals surface area contributed by atoms with E-state index in [1.54, 1.807) is 11.3 Å². The zero-order valence-corrected chi connectivity index (χ0v) is 15.8. The second-order valence-electron chi connectivity index (χ2n) is 6.20. The van der Waals surface area contributed by atoms with Crippen LogP contribution >= 0.6 is 11.3 Å². The van der Waals surface area contributed by atoms with E-state index < -0.39 is 11.9 Å². The number of carbonyl (C=O) groups excluding carboxylic acids is 1. The van der Waals surface area contributed by atoms with Crippen LogP contribution in [0.1, 0.15) is 35.8 Å². The number of hydrogen-bond donors (Lipinski definition) is 1. The highest BCUT2D eigenvalue weighted by atomic mass is 32.1. The van der Waals surface area contributed by atoms with Gasteiger partial charge >= 0.3 is 5.97 Å². The molecule has 1 unspecified atom stereocenters. The van der Waals surface area contributed by atoms with Crippen LogP contribution in [0.25, 0.3) is 0 Å². The molecule has 0 saturated heterocycles. The van der Waals surface area contributed by atoms with Gasteiger partial charge in [0.1, 0.15) is 0 Å². The van der Waals surface area contributed by atoms with Crippen molar-refractivity contribution in [2.45, 2.75) is 26.2 Å². The van der Waals surface area contributed by atoms with E-state index in [1.165, 1.54) is 12.7 Å². The summed E-state index contributed by atoms with van der Waals surface area (Å²) in [6.45, 7) is 3.71. The van der Waals surface area contributed by atoms with Crippen LogP contribution < -0.4 is 5.32 Å². The maximum atomic E-state index is 12.5. The highest BCUT2D eigenvalue weighted by Crippen LogP contribution is 2.41. The number of ether oxygens (including phenoxy) is 1. The minimum atomic E-state index is -0.405. The highest BCUT2D eigenvalue weighted by Gasteiger charge is 2.35. The third-order valence-corrected chi connectivity index (χ3v) is 5.52. The van der Waals surface area contributed by atoms with Gasteiger partial charge in [-0.15, -0.1) is 11.3 Å². The number of esters is 1. The number of allylic oxidation sites excluding steroid dienone is 3. The van der Waals surface area contributed by atoms with E-state index in [0.29, 0.717) is 11.1 Å². The first kappa shape index (κ1) is 18.0. The topological polar surface area (TPSA) is 62.1 Å². The number of rotatable bonds is 4. The first-order chi connectivity index (χ1) is 12.6. The summed E-state index contributed by atoms with van der Waals surface area (Å²) in [5.41, 5.74) is 4.77. The standard InChI is InChI=1S/C21H20N2O2S/c1-13-17(12-22)20(19(14(2)23-13)21(24)25-3)16-9-10-26-18(16)11-15-7-5-4-6-8-15/h4-10,20,23H,11H2,1-3H3. The first-order valence-electron chi connectivity index (χ1n) is 8.34. The Bertz CT molecular complexity index is 932. The van der Waals surface area contributed by atoms with E-state index in [2.05, 4.69) is 23.5 Å². The summed E-state index contributed by atoms with van der Waals surface area (Å²) in [7, 11) is 1.37. The Morgan fingerprint density at radius 1 is 1.23 bits per heavy atom. The molecule has 1 atom stereocenters. The molecule has 3 rings (SSSR count). The fraction of sp³-hybridized carbons (Fsp3) is 0.238. The summed E-state index contributed by atoms with van der Waals surface area (Å²) in [5, 5.41) is 14.9. The van der Waals surface area contributed by atoms with Gasteiger partial charge in [-0.25, -0.2) is 4.79 Å². The molecule has 1 aliphatic rings. The summed E-state index contributed by atoms with van der Waals surface area (Å²) in [4.78, 5) is 13.6. The second kappa shape index (κ2) is 7.59. The van der Waals surface area contributed by atoms with Crippen molar-refractivity contribution in [2.24, 2.45) is 0 Å². The SMILES string of the molecule is COC(=O)C1=C(C)NC(C)=C(C#N)C1c1ccsc1Cc1ccccc1. The normalized spacial score (nSPS) is 16.9. The molecule has 0 saturated carbocycles.